The third-order valence-electron chi connectivity index (χ3n) is 3.17. The van der Waals surface area contributed by atoms with Gasteiger partial charge in [-0.2, -0.15) is 5.10 Å². The Kier molecular flexibility index (Phi) is 4.74. The van der Waals surface area contributed by atoms with Crippen molar-refractivity contribution >= 4 is 15.9 Å². The van der Waals surface area contributed by atoms with Crippen LogP contribution in [0.25, 0.3) is 11.3 Å². The Morgan fingerprint density at radius 2 is 2.05 bits per heavy atom. The Morgan fingerprint density at radius 1 is 1.33 bits per heavy atom. The molecular formula is C16H21BrN2O2. The number of ether oxygens (including phenoxy) is 1. The number of rotatable bonds is 5. The number of hydrogen-bond donors (Lipinski definition) is 1. The van der Waals surface area contributed by atoms with Crippen LogP contribution in [0.1, 0.15) is 26.5 Å². The lowest BCUT2D eigenvalue weighted by Crippen LogP contribution is -2.27. The summed E-state index contributed by atoms with van der Waals surface area (Å²) in [6.45, 7) is 6.06. The van der Waals surface area contributed by atoms with Crippen molar-refractivity contribution in [2.24, 2.45) is 0 Å². The summed E-state index contributed by atoms with van der Waals surface area (Å²) in [4.78, 5) is 0. The van der Waals surface area contributed by atoms with Gasteiger partial charge < -0.3 is 9.84 Å². The lowest BCUT2D eigenvalue weighted by molar-refractivity contribution is 0.0581. The summed E-state index contributed by atoms with van der Waals surface area (Å²) >= 11 is 3.45. The van der Waals surface area contributed by atoms with Gasteiger partial charge in [0.15, 0.2) is 0 Å². The van der Waals surface area contributed by atoms with Crippen LogP contribution in [-0.4, -0.2) is 27.6 Å². The van der Waals surface area contributed by atoms with Gasteiger partial charge in [0.25, 0.3) is 0 Å². The van der Waals surface area contributed by atoms with Crippen molar-refractivity contribution in [3.05, 3.63) is 34.4 Å². The monoisotopic (exact) mass is 352 g/mol. The van der Waals surface area contributed by atoms with Gasteiger partial charge in [-0.15, -0.1) is 0 Å². The first-order chi connectivity index (χ1) is 9.84. The van der Waals surface area contributed by atoms with Gasteiger partial charge in [-0.1, -0.05) is 22.9 Å². The molecule has 1 heterocycles. The summed E-state index contributed by atoms with van der Waals surface area (Å²) in [6, 6.07) is 7.96. The molecule has 4 nitrogen and oxygen atoms in total. The van der Waals surface area contributed by atoms with Crippen LogP contribution >= 0.6 is 15.9 Å². The molecule has 21 heavy (non-hydrogen) atoms. The Balaban J connectivity index is 2.54. The van der Waals surface area contributed by atoms with E-state index in [9.17, 15) is 5.11 Å². The van der Waals surface area contributed by atoms with Crippen LogP contribution in [0.15, 0.2) is 28.7 Å². The van der Waals surface area contributed by atoms with E-state index >= 15 is 0 Å². The van der Waals surface area contributed by atoms with Crippen molar-refractivity contribution in [1.82, 2.24) is 9.78 Å². The van der Waals surface area contributed by atoms with Crippen LogP contribution in [0.5, 0.6) is 5.75 Å². The van der Waals surface area contributed by atoms with Gasteiger partial charge in [0.05, 0.1) is 30.6 Å². The molecule has 2 rings (SSSR count). The number of aryl methyl sites for hydroxylation is 1. The third-order valence-corrected chi connectivity index (χ3v) is 3.66. The van der Waals surface area contributed by atoms with E-state index in [-0.39, 0.29) is 0 Å². The summed E-state index contributed by atoms with van der Waals surface area (Å²) in [5.41, 5.74) is 2.10. The highest BCUT2D eigenvalue weighted by atomic mass is 79.9. The van der Waals surface area contributed by atoms with Crippen LogP contribution in [-0.2, 0) is 13.0 Å². The fourth-order valence-electron chi connectivity index (χ4n) is 2.22. The highest BCUT2D eigenvalue weighted by Gasteiger charge is 2.20. The molecule has 0 fully saturated rings. The normalized spacial score (nSPS) is 11.7. The van der Waals surface area contributed by atoms with E-state index in [0.717, 1.165) is 33.6 Å². The Morgan fingerprint density at radius 3 is 2.62 bits per heavy atom. The minimum absolute atomic E-state index is 0.432. The summed E-state index contributed by atoms with van der Waals surface area (Å²) < 4.78 is 8.29. The zero-order valence-electron chi connectivity index (χ0n) is 12.9. The van der Waals surface area contributed by atoms with Gasteiger partial charge in [-0.25, -0.2) is 0 Å². The predicted octanol–water partition coefficient (Wildman–Crippen LogP) is 3.65. The lowest BCUT2D eigenvalue weighted by Gasteiger charge is -2.19. The van der Waals surface area contributed by atoms with Crippen LogP contribution < -0.4 is 4.74 Å². The van der Waals surface area contributed by atoms with Crippen molar-refractivity contribution in [2.45, 2.75) is 39.3 Å². The van der Waals surface area contributed by atoms with Crippen molar-refractivity contribution in [3.8, 4) is 17.0 Å². The quantitative estimate of drug-likeness (QED) is 0.893. The molecule has 2 aromatic rings. The summed E-state index contributed by atoms with van der Waals surface area (Å²) in [6.07, 6.45) is 0.852. The van der Waals surface area contributed by atoms with E-state index in [1.165, 1.54) is 0 Å². The van der Waals surface area contributed by atoms with Gasteiger partial charge in [-0.05, 0) is 44.5 Å². The molecule has 0 bridgehead atoms. The first-order valence-electron chi connectivity index (χ1n) is 6.97. The SMILES string of the molecule is CCc1cc(-c2ccc(Br)cc2OC)n(CC(C)(C)O)n1. The molecule has 0 saturated heterocycles. The van der Waals surface area contributed by atoms with Gasteiger partial charge in [0, 0.05) is 10.0 Å². The van der Waals surface area contributed by atoms with Crippen molar-refractivity contribution in [3.63, 3.8) is 0 Å². The summed E-state index contributed by atoms with van der Waals surface area (Å²) in [7, 11) is 1.66. The summed E-state index contributed by atoms with van der Waals surface area (Å²) in [5.74, 6) is 0.781. The molecule has 0 radical (unpaired) electrons. The van der Waals surface area contributed by atoms with Gasteiger partial charge >= 0.3 is 0 Å². The number of methoxy groups -OCH3 is 1. The molecule has 114 valence electrons. The van der Waals surface area contributed by atoms with Crippen molar-refractivity contribution in [1.29, 1.82) is 0 Å². The highest BCUT2D eigenvalue weighted by Crippen LogP contribution is 2.33. The molecule has 1 aromatic heterocycles. The number of aromatic nitrogens is 2. The average molecular weight is 353 g/mol. The number of nitrogens with zero attached hydrogens (tertiary/aromatic N) is 2. The molecule has 0 spiro atoms. The first-order valence-corrected chi connectivity index (χ1v) is 7.76. The lowest BCUT2D eigenvalue weighted by atomic mass is 10.1. The van der Waals surface area contributed by atoms with Crippen molar-refractivity contribution in [2.75, 3.05) is 7.11 Å². The van der Waals surface area contributed by atoms with Gasteiger partial charge in [0.1, 0.15) is 5.75 Å². The average Bonchev–Trinajstić information content (AvgIpc) is 2.79. The Bertz CT molecular complexity index is 630. The molecule has 5 heteroatoms. The molecule has 0 saturated carbocycles. The fraction of sp³-hybridized carbons (Fsp3) is 0.438. The van der Waals surface area contributed by atoms with Gasteiger partial charge in [-0.3, -0.25) is 4.68 Å². The first kappa shape index (κ1) is 16.0. The molecule has 0 aliphatic rings. The van der Waals surface area contributed by atoms with E-state index in [0.29, 0.717) is 6.54 Å². The maximum absolute atomic E-state index is 10.1. The molecule has 0 amide bonds. The zero-order chi connectivity index (χ0) is 15.6. The van der Waals surface area contributed by atoms with Crippen LogP contribution in [0.4, 0.5) is 0 Å². The molecule has 0 aliphatic heterocycles. The van der Waals surface area contributed by atoms with Gasteiger partial charge in [0.2, 0.25) is 0 Å². The second-order valence-corrected chi connectivity index (χ2v) is 6.60. The van der Waals surface area contributed by atoms with Crippen LogP contribution in [0.2, 0.25) is 0 Å². The van der Waals surface area contributed by atoms with E-state index in [2.05, 4.69) is 34.0 Å². The minimum atomic E-state index is -0.825. The molecule has 1 N–H and O–H groups in total. The smallest absolute Gasteiger partial charge is 0.129 e. The Labute approximate surface area is 133 Å². The second-order valence-electron chi connectivity index (χ2n) is 5.69. The van der Waals surface area contributed by atoms with E-state index in [1.54, 1.807) is 21.0 Å². The molecule has 0 atom stereocenters. The number of aliphatic hydroxyl groups is 1. The fourth-order valence-corrected chi connectivity index (χ4v) is 2.56. The van der Waals surface area contributed by atoms with E-state index < -0.39 is 5.60 Å². The number of hydrogen-bond acceptors (Lipinski definition) is 3. The topological polar surface area (TPSA) is 47.3 Å². The largest absolute Gasteiger partial charge is 0.496 e. The maximum Gasteiger partial charge on any atom is 0.129 e. The Hall–Kier alpha value is -1.33. The third kappa shape index (κ3) is 3.86. The summed E-state index contributed by atoms with van der Waals surface area (Å²) in [5, 5.41) is 14.7. The molecule has 0 unspecified atom stereocenters. The molecular weight excluding hydrogens is 332 g/mol. The van der Waals surface area contributed by atoms with E-state index in [4.69, 9.17) is 4.74 Å². The molecule has 0 aliphatic carbocycles. The van der Waals surface area contributed by atoms with Crippen molar-refractivity contribution < 1.29 is 9.84 Å². The minimum Gasteiger partial charge on any atom is -0.496 e. The second kappa shape index (κ2) is 6.20. The maximum atomic E-state index is 10.1. The van der Waals surface area contributed by atoms with E-state index in [1.807, 2.05) is 22.9 Å². The predicted molar refractivity (Wildman–Crippen MR) is 87.6 cm³/mol. The highest BCUT2D eigenvalue weighted by molar-refractivity contribution is 9.10. The zero-order valence-corrected chi connectivity index (χ0v) is 14.4. The van der Waals surface area contributed by atoms with Crippen LogP contribution in [0, 0.1) is 0 Å². The molecule has 1 aromatic carbocycles. The number of benzene rings is 1. The number of halogens is 1. The standard InChI is InChI=1S/C16H21BrN2O2/c1-5-12-9-14(19(18-12)10-16(2,3)20)13-7-6-11(17)8-15(13)21-4/h6-9,20H,5,10H2,1-4H3. The van der Waals surface area contributed by atoms with Crippen LogP contribution in [0.3, 0.4) is 0 Å².